The summed E-state index contributed by atoms with van der Waals surface area (Å²) in [5.41, 5.74) is 0.221. The number of carboxylic acid groups (broad SMARTS) is 1. The zero-order valence-corrected chi connectivity index (χ0v) is 11.6. The van der Waals surface area contributed by atoms with Crippen molar-refractivity contribution >= 4 is 27.8 Å². The minimum atomic E-state index is -0.830. The van der Waals surface area contributed by atoms with Crippen LogP contribution in [0.1, 0.15) is 29.6 Å². The van der Waals surface area contributed by atoms with E-state index in [9.17, 15) is 14.0 Å². The van der Waals surface area contributed by atoms with Crippen molar-refractivity contribution in [2.75, 3.05) is 0 Å². The highest BCUT2D eigenvalue weighted by Gasteiger charge is 2.30. The van der Waals surface area contributed by atoms with Crippen molar-refractivity contribution in [3.05, 3.63) is 34.1 Å². The Bertz CT molecular complexity index is 521. The first-order chi connectivity index (χ1) is 8.97. The number of carboxylic acids is 1. The molecule has 1 aromatic rings. The Morgan fingerprint density at radius 2 is 2.11 bits per heavy atom. The number of halogens is 2. The summed E-state index contributed by atoms with van der Waals surface area (Å²) in [6, 6.07) is 3.72. The van der Waals surface area contributed by atoms with Crippen LogP contribution in [-0.4, -0.2) is 23.0 Å². The Labute approximate surface area is 118 Å². The molecule has 1 aromatic carbocycles. The summed E-state index contributed by atoms with van der Waals surface area (Å²) < 4.78 is 13.6. The molecule has 1 fully saturated rings. The van der Waals surface area contributed by atoms with Crippen LogP contribution in [0.3, 0.4) is 0 Å². The summed E-state index contributed by atoms with van der Waals surface area (Å²) in [4.78, 5) is 22.8. The van der Waals surface area contributed by atoms with Crippen molar-refractivity contribution in [2.24, 2.45) is 5.92 Å². The van der Waals surface area contributed by atoms with Gasteiger partial charge in [-0.2, -0.15) is 0 Å². The molecule has 0 spiro atoms. The van der Waals surface area contributed by atoms with Gasteiger partial charge in [-0.3, -0.25) is 9.59 Å². The fourth-order valence-electron chi connectivity index (χ4n) is 2.27. The predicted octanol–water partition coefficient (Wildman–Crippen LogP) is 2.57. The number of hydrogen-bond donors (Lipinski definition) is 2. The van der Waals surface area contributed by atoms with Gasteiger partial charge < -0.3 is 10.4 Å². The predicted molar refractivity (Wildman–Crippen MR) is 70.3 cm³/mol. The van der Waals surface area contributed by atoms with E-state index in [0.29, 0.717) is 23.7 Å². The fourth-order valence-corrected chi connectivity index (χ4v) is 2.70. The van der Waals surface area contributed by atoms with Crippen LogP contribution in [0.4, 0.5) is 4.39 Å². The minimum Gasteiger partial charge on any atom is -0.481 e. The maximum absolute atomic E-state index is 13.1. The van der Waals surface area contributed by atoms with Crippen LogP contribution in [0.15, 0.2) is 22.7 Å². The Balaban J connectivity index is 2.02. The van der Waals surface area contributed by atoms with Crippen molar-refractivity contribution in [1.82, 2.24) is 5.32 Å². The lowest BCUT2D eigenvalue weighted by Crippen LogP contribution is -2.33. The topological polar surface area (TPSA) is 66.4 Å². The molecule has 1 aliphatic rings. The summed E-state index contributed by atoms with van der Waals surface area (Å²) in [6.07, 6.45) is 1.62. The molecule has 2 unspecified atom stereocenters. The van der Waals surface area contributed by atoms with E-state index in [1.807, 2.05) is 0 Å². The number of carbonyl (C=O) groups is 2. The maximum atomic E-state index is 13.1. The molecular formula is C13H13BrFNO3. The van der Waals surface area contributed by atoms with Gasteiger partial charge in [0.1, 0.15) is 5.82 Å². The Hall–Kier alpha value is -1.43. The van der Waals surface area contributed by atoms with Crippen LogP contribution in [0.25, 0.3) is 0 Å². The van der Waals surface area contributed by atoms with Crippen molar-refractivity contribution in [3.63, 3.8) is 0 Å². The number of hydrogen-bond acceptors (Lipinski definition) is 2. The standard InChI is InChI=1S/C13H13BrFNO3/c14-11-4-2-8(15)6-10(11)12(17)16-9-3-1-7(5-9)13(18)19/h2,4,6-7,9H,1,3,5H2,(H,16,17)(H,18,19). The summed E-state index contributed by atoms with van der Waals surface area (Å²) in [7, 11) is 0. The van der Waals surface area contributed by atoms with E-state index in [4.69, 9.17) is 5.11 Å². The molecule has 2 rings (SSSR count). The molecular weight excluding hydrogens is 317 g/mol. The van der Waals surface area contributed by atoms with Gasteiger partial charge in [-0.05, 0) is 53.4 Å². The van der Waals surface area contributed by atoms with Crippen LogP contribution in [0, 0.1) is 11.7 Å². The monoisotopic (exact) mass is 329 g/mol. The normalized spacial score (nSPS) is 22.2. The van der Waals surface area contributed by atoms with Crippen LogP contribution < -0.4 is 5.32 Å². The van der Waals surface area contributed by atoms with Gasteiger partial charge in [-0.25, -0.2) is 4.39 Å². The zero-order chi connectivity index (χ0) is 14.0. The molecule has 4 nitrogen and oxygen atoms in total. The lowest BCUT2D eigenvalue weighted by molar-refractivity contribution is -0.141. The van der Waals surface area contributed by atoms with E-state index in [1.54, 1.807) is 0 Å². The SMILES string of the molecule is O=C(NC1CCC(C(=O)O)C1)c1cc(F)ccc1Br. The second-order valence-electron chi connectivity index (χ2n) is 4.64. The van der Waals surface area contributed by atoms with Crippen molar-refractivity contribution in [2.45, 2.75) is 25.3 Å². The van der Waals surface area contributed by atoms with Gasteiger partial charge in [-0.15, -0.1) is 0 Å². The van der Waals surface area contributed by atoms with Gasteiger partial charge in [0.25, 0.3) is 5.91 Å². The van der Waals surface area contributed by atoms with E-state index in [1.165, 1.54) is 12.1 Å². The molecule has 1 aliphatic carbocycles. The molecule has 1 amide bonds. The molecule has 19 heavy (non-hydrogen) atoms. The average Bonchev–Trinajstić information content (AvgIpc) is 2.80. The molecule has 2 atom stereocenters. The summed E-state index contributed by atoms with van der Waals surface area (Å²) in [5.74, 6) is -2.10. The van der Waals surface area contributed by atoms with Gasteiger partial charge in [0.2, 0.25) is 0 Å². The summed E-state index contributed by atoms with van der Waals surface area (Å²) in [6.45, 7) is 0. The van der Waals surface area contributed by atoms with E-state index in [0.717, 1.165) is 6.07 Å². The van der Waals surface area contributed by atoms with Crippen molar-refractivity contribution < 1.29 is 19.1 Å². The quantitative estimate of drug-likeness (QED) is 0.895. The molecule has 0 aromatic heterocycles. The van der Waals surface area contributed by atoms with Crippen LogP contribution >= 0.6 is 15.9 Å². The molecule has 102 valence electrons. The highest BCUT2D eigenvalue weighted by Crippen LogP contribution is 2.26. The summed E-state index contributed by atoms with van der Waals surface area (Å²) in [5, 5.41) is 11.6. The largest absolute Gasteiger partial charge is 0.481 e. The number of amides is 1. The van der Waals surface area contributed by atoms with Gasteiger partial charge in [-0.1, -0.05) is 0 Å². The van der Waals surface area contributed by atoms with Gasteiger partial charge in [0.15, 0.2) is 0 Å². The minimum absolute atomic E-state index is 0.163. The third-order valence-electron chi connectivity index (χ3n) is 3.29. The Kier molecular flexibility index (Phi) is 4.19. The highest BCUT2D eigenvalue weighted by molar-refractivity contribution is 9.10. The molecule has 6 heteroatoms. The third kappa shape index (κ3) is 3.32. The average molecular weight is 330 g/mol. The lowest BCUT2D eigenvalue weighted by Gasteiger charge is -2.13. The highest BCUT2D eigenvalue weighted by atomic mass is 79.9. The number of nitrogens with one attached hydrogen (secondary N) is 1. The molecule has 2 N–H and O–H groups in total. The first-order valence-electron chi connectivity index (χ1n) is 5.96. The van der Waals surface area contributed by atoms with E-state index in [2.05, 4.69) is 21.2 Å². The number of rotatable bonds is 3. The number of benzene rings is 1. The first-order valence-corrected chi connectivity index (χ1v) is 6.75. The second kappa shape index (κ2) is 5.69. The zero-order valence-electron chi connectivity index (χ0n) is 10.0. The number of carbonyl (C=O) groups excluding carboxylic acids is 1. The Morgan fingerprint density at radius 3 is 2.74 bits per heavy atom. The van der Waals surface area contributed by atoms with Crippen LogP contribution in [-0.2, 0) is 4.79 Å². The number of aliphatic carboxylic acids is 1. The van der Waals surface area contributed by atoms with Gasteiger partial charge in [0, 0.05) is 10.5 Å². The second-order valence-corrected chi connectivity index (χ2v) is 5.50. The molecule has 0 saturated heterocycles. The molecule has 0 radical (unpaired) electrons. The van der Waals surface area contributed by atoms with Crippen molar-refractivity contribution in [1.29, 1.82) is 0 Å². The Morgan fingerprint density at radius 1 is 1.37 bits per heavy atom. The van der Waals surface area contributed by atoms with E-state index < -0.39 is 17.7 Å². The van der Waals surface area contributed by atoms with Gasteiger partial charge in [0.05, 0.1) is 11.5 Å². The maximum Gasteiger partial charge on any atom is 0.306 e. The van der Waals surface area contributed by atoms with Crippen LogP contribution in [0.5, 0.6) is 0 Å². The smallest absolute Gasteiger partial charge is 0.306 e. The molecule has 0 heterocycles. The fraction of sp³-hybridized carbons (Fsp3) is 0.385. The first kappa shape index (κ1) is 14.0. The third-order valence-corrected chi connectivity index (χ3v) is 3.98. The lowest BCUT2D eigenvalue weighted by atomic mass is 10.1. The van der Waals surface area contributed by atoms with E-state index in [-0.39, 0.29) is 17.5 Å². The van der Waals surface area contributed by atoms with E-state index >= 15 is 0 Å². The van der Waals surface area contributed by atoms with Gasteiger partial charge >= 0.3 is 5.97 Å². The molecule has 0 bridgehead atoms. The molecule has 0 aliphatic heterocycles. The summed E-state index contributed by atoms with van der Waals surface area (Å²) >= 11 is 3.19. The molecule has 1 saturated carbocycles. The van der Waals surface area contributed by atoms with Crippen molar-refractivity contribution in [3.8, 4) is 0 Å². The van der Waals surface area contributed by atoms with Crippen LogP contribution in [0.2, 0.25) is 0 Å².